The number of aromatic nitrogens is 3. The summed E-state index contributed by atoms with van der Waals surface area (Å²) in [5.74, 6) is 0.655. The summed E-state index contributed by atoms with van der Waals surface area (Å²) in [7, 11) is 1.76. The van der Waals surface area contributed by atoms with Crippen LogP contribution < -0.4 is 16.6 Å². The van der Waals surface area contributed by atoms with Gasteiger partial charge in [0.05, 0.1) is 23.8 Å². The molecule has 6 heteroatoms. The summed E-state index contributed by atoms with van der Waals surface area (Å²) in [6.07, 6.45) is 4.77. The van der Waals surface area contributed by atoms with Crippen molar-refractivity contribution in [3.63, 3.8) is 0 Å². The molecule has 0 saturated heterocycles. The number of H-pyrrole nitrogens is 1. The highest BCUT2D eigenvalue weighted by Gasteiger charge is 2.03. The zero-order valence-electron chi connectivity index (χ0n) is 8.69. The molecule has 6 nitrogen and oxygen atoms in total. The quantitative estimate of drug-likeness (QED) is 0.678. The highest BCUT2D eigenvalue weighted by molar-refractivity contribution is 5.62. The number of anilines is 2. The molecule has 0 fully saturated rings. The first kappa shape index (κ1) is 10.2. The third-order valence-corrected chi connectivity index (χ3v) is 2.12. The molecule has 2 aromatic heterocycles. The Morgan fingerprint density at radius 3 is 2.94 bits per heavy atom. The van der Waals surface area contributed by atoms with Crippen LogP contribution in [-0.4, -0.2) is 22.0 Å². The molecule has 2 aromatic rings. The molecule has 0 spiro atoms. The Labute approximate surface area is 91.6 Å². The van der Waals surface area contributed by atoms with Crippen molar-refractivity contribution in [3.05, 3.63) is 35.0 Å². The van der Waals surface area contributed by atoms with Crippen molar-refractivity contribution < 1.29 is 0 Å². The third-order valence-electron chi connectivity index (χ3n) is 2.12. The van der Waals surface area contributed by atoms with Gasteiger partial charge in [0.2, 0.25) is 0 Å². The standard InChI is InChI=1S/C10H11N5O/c1-12-9-5-13-4-8(15-9)6-2-7(11)10(16)14-3-6/h2-5H,11H2,1H3,(H,12,15)(H,14,16). The van der Waals surface area contributed by atoms with Gasteiger partial charge < -0.3 is 16.0 Å². The second-order valence-corrected chi connectivity index (χ2v) is 3.21. The molecular weight excluding hydrogens is 206 g/mol. The van der Waals surface area contributed by atoms with E-state index in [1.54, 1.807) is 31.7 Å². The predicted molar refractivity (Wildman–Crippen MR) is 62.0 cm³/mol. The molecule has 16 heavy (non-hydrogen) atoms. The Bertz CT molecular complexity index is 563. The molecule has 0 amide bonds. The number of aromatic amines is 1. The van der Waals surface area contributed by atoms with Gasteiger partial charge in [0.1, 0.15) is 5.82 Å². The van der Waals surface area contributed by atoms with Crippen LogP contribution in [0.3, 0.4) is 0 Å². The van der Waals surface area contributed by atoms with Crippen molar-refractivity contribution in [1.29, 1.82) is 0 Å². The Hall–Kier alpha value is -2.37. The molecule has 0 aromatic carbocycles. The number of hydrogen-bond donors (Lipinski definition) is 3. The van der Waals surface area contributed by atoms with Crippen LogP contribution in [0.1, 0.15) is 0 Å². The monoisotopic (exact) mass is 217 g/mol. The van der Waals surface area contributed by atoms with E-state index in [1.807, 2.05) is 0 Å². The Morgan fingerprint density at radius 2 is 2.25 bits per heavy atom. The van der Waals surface area contributed by atoms with E-state index >= 15 is 0 Å². The van der Waals surface area contributed by atoms with Gasteiger partial charge in [0, 0.05) is 18.8 Å². The Balaban J connectivity index is 2.50. The van der Waals surface area contributed by atoms with Gasteiger partial charge in [-0.25, -0.2) is 4.98 Å². The molecule has 0 radical (unpaired) electrons. The van der Waals surface area contributed by atoms with Gasteiger partial charge in [-0.15, -0.1) is 0 Å². The van der Waals surface area contributed by atoms with E-state index in [0.29, 0.717) is 11.5 Å². The first-order valence-corrected chi connectivity index (χ1v) is 4.69. The molecule has 2 rings (SSSR count). The van der Waals surface area contributed by atoms with Crippen LogP contribution in [0, 0.1) is 0 Å². The summed E-state index contributed by atoms with van der Waals surface area (Å²) >= 11 is 0. The minimum absolute atomic E-state index is 0.161. The second kappa shape index (κ2) is 4.01. The lowest BCUT2D eigenvalue weighted by atomic mass is 10.2. The smallest absolute Gasteiger partial charge is 0.271 e. The lowest BCUT2D eigenvalue weighted by molar-refractivity contribution is 1.17. The molecule has 0 unspecified atom stereocenters. The summed E-state index contributed by atoms with van der Waals surface area (Å²) in [6, 6.07) is 1.57. The Kier molecular flexibility index (Phi) is 2.55. The van der Waals surface area contributed by atoms with Crippen LogP contribution in [0.4, 0.5) is 11.5 Å². The highest BCUT2D eigenvalue weighted by atomic mass is 16.1. The van der Waals surface area contributed by atoms with Gasteiger partial charge in [-0.3, -0.25) is 9.78 Å². The lowest BCUT2D eigenvalue weighted by Crippen LogP contribution is -2.10. The van der Waals surface area contributed by atoms with E-state index in [1.165, 1.54) is 0 Å². The van der Waals surface area contributed by atoms with Crippen molar-refractivity contribution in [1.82, 2.24) is 15.0 Å². The van der Waals surface area contributed by atoms with E-state index in [4.69, 9.17) is 5.73 Å². The van der Waals surface area contributed by atoms with E-state index in [-0.39, 0.29) is 11.2 Å². The van der Waals surface area contributed by atoms with Crippen molar-refractivity contribution >= 4 is 11.5 Å². The fraction of sp³-hybridized carbons (Fsp3) is 0.100. The average molecular weight is 217 g/mol. The number of nitrogens with zero attached hydrogens (tertiary/aromatic N) is 2. The van der Waals surface area contributed by atoms with Gasteiger partial charge in [0.15, 0.2) is 0 Å². The fourth-order valence-electron chi connectivity index (χ4n) is 1.27. The topological polar surface area (TPSA) is 96.7 Å². The zero-order chi connectivity index (χ0) is 11.5. The summed E-state index contributed by atoms with van der Waals surface area (Å²) in [6.45, 7) is 0. The summed E-state index contributed by atoms with van der Waals surface area (Å²) < 4.78 is 0. The van der Waals surface area contributed by atoms with Crippen LogP contribution in [0.2, 0.25) is 0 Å². The van der Waals surface area contributed by atoms with Crippen LogP contribution in [0.15, 0.2) is 29.5 Å². The van der Waals surface area contributed by atoms with E-state index in [2.05, 4.69) is 20.3 Å². The van der Waals surface area contributed by atoms with Crippen LogP contribution in [0.25, 0.3) is 11.3 Å². The number of nitrogens with two attached hydrogens (primary N) is 1. The molecule has 82 valence electrons. The predicted octanol–water partition coefficient (Wildman–Crippen LogP) is 0.456. The van der Waals surface area contributed by atoms with Gasteiger partial charge in [0.25, 0.3) is 5.56 Å². The molecule has 0 aliphatic carbocycles. The number of pyridine rings is 1. The molecule has 0 atom stereocenters. The van der Waals surface area contributed by atoms with Crippen LogP contribution in [0.5, 0.6) is 0 Å². The molecule has 0 aliphatic rings. The first-order valence-electron chi connectivity index (χ1n) is 4.69. The highest BCUT2D eigenvalue weighted by Crippen LogP contribution is 2.16. The van der Waals surface area contributed by atoms with Crippen LogP contribution in [-0.2, 0) is 0 Å². The van der Waals surface area contributed by atoms with Crippen molar-refractivity contribution in [2.75, 3.05) is 18.1 Å². The molecule has 0 bridgehead atoms. The molecule has 2 heterocycles. The normalized spacial score (nSPS) is 10.1. The zero-order valence-corrected chi connectivity index (χ0v) is 8.69. The van der Waals surface area contributed by atoms with E-state index in [9.17, 15) is 4.79 Å². The van der Waals surface area contributed by atoms with Gasteiger partial charge in [-0.1, -0.05) is 0 Å². The number of rotatable bonds is 2. The van der Waals surface area contributed by atoms with Gasteiger partial charge in [-0.2, -0.15) is 0 Å². The minimum atomic E-state index is -0.304. The summed E-state index contributed by atoms with van der Waals surface area (Å²) in [5.41, 5.74) is 6.75. The largest absolute Gasteiger partial charge is 0.394 e. The third kappa shape index (κ3) is 1.85. The maximum Gasteiger partial charge on any atom is 0.271 e. The molecule has 4 N–H and O–H groups in total. The Morgan fingerprint density at radius 1 is 1.44 bits per heavy atom. The average Bonchev–Trinajstić information content (AvgIpc) is 2.33. The number of nitrogen functional groups attached to an aromatic ring is 1. The minimum Gasteiger partial charge on any atom is -0.394 e. The van der Waals surface area contributed by atoms with Crippen LogP contribution >= 0.6 is 0 Å². The fourth-order valence-corrected chi connectivity index (χ4v) is 1.27. The number of nitrogens with one attached hydrogen (secondary N) is 2. The second-order valence-electron chi connectivity index (χ2n) is 3.21. The maximum atomic E-state index is 11.1. The first-order chi connectivity index (χ1) is 7.70. The van der Waals surface area contributed by atoms with Crippen molar-refractivity contribution in [3.8, 4) is 11.3 Å². The molecule has 0 saturated carbocycles. The van der Waals surface area contributed by atoms with Gasteiger partial charge >= 0.3 is 0 Å². The lowest BCUT2D eigenvalue weighted by Gasteiger charge is -2.03. The summed E-state index contributed by atoms with van der Waals surface area (Å²) in [4.78, 5) is 21.9. The summed E-state index contributed by atoms with van der Waals surface area (Å²) in [5, 5.41) is 2.89. The molecule has 0 aliphatic heterocycles. The van der Waals surface area contributed by atoms with Gasteiger partial charge in [-0.05, 0) is 6.07 Å². The maximum absolute atomic E-state index is 11.1. The van der Waals surface area contributed by atoms with Crippen molar-refractivity contribution in [2.45, 2.75) is 0 Å². The molecular formula is C10H11N5O. The van der Waals surface area contributed by atoms with E-state index in [0.717, 1.165) is 5.56 Å². The number of hydrogen-bond acceptors (Lipinski definition) is 5. The van der Waals surface area contributed by atoms with E-state index < -0.39 is 0 Å². The SMILES string of the molecule is CNc1cncc(-c2c[nH]c(=O)c(N)c2)n1. The van der Waals surface area contributed by atoms with Crippen molar-refractivity contribution in [2.24, 2.45) is 0 Å².